The van der Waals surface area contributed by atoms with Crippen molar-refractivity contribution >= 4 is 26.8 Å². The third-order valence-corrected chi connectivity index (χ3v) is 6.90. The minimum Gasteiger partial charge on any atom is -0.406 e. The standard InChI is InChI=1S/C21H25FN4O4S/c22-16-5-3-6-17(15-16)31(28,29)23-9-1-2-10-25-11-13-26(14-12-25)19-8-4-7-18-20(19)30-21(27)24-18/h3-8,15,23H,1-2,9-14H2,(H,24,27). The smallest absolute Gasteiger partial charge is 0.406 e. The largest absolute Gasteiger partial charge is 0.417 e. The molecule has 0 radical (unpaired) electrons. The minimum atomic E-state index is -3.69. The van der Waals surface area contributed by atoms with E-state index in [1.807, 2.05) is 18.2 Å². The normalized spacial score (nSPS) is 15.6. The number of nitrogens with zero attached hydrogens (tertiary/aromatic N) is 2. The number of benzene rings is 2. The summed E-state index contributed by atoms with van der Waals surface area (Å²) in [6.45, 7) is 4.58. The van der Waals surface area contributed by atoms with Gasteiger partial charge < -0.3 is 9.32 Å². The van der Waals surface area contributed by atoms with Crippen LogP contribution in [0.1, 0.15) is 12.8 Å². The lowest BCUT2D eigenvalue weighted by molar-refractivity contribution is 0.253. The first kappa shape index (κ1) is 21.5. The minimum absolute atomic E-state index is 0.0584. The first-order chi connectivity index (χ1) is 14.9. The topological polar surface area (TPSA) is 98.6 Å². The summed E-state index contributed by atoms with van der Waals surface area (Å²) in [6.07, 6.45) is 1.55. The first-order valence-corrected chi connectivity index (χ1v) is 11.7. The number of hydrogen-bond acceptors (Lipinski definition) is 6. The molecule has 0 saturated carbocycles. The highest BCUT2D eigenvalue weighted by atomic mass is 32.2. The zero-order valence-corrected chi connectivity index (χ0v) is 17.8. The second-order valence-electron chi connectivity index (χ2n) is 7.56. The molecular formula is C21H25FN4O4S. The van der Waals surface area contributed by atoms with Gasteiger partial charge in [-0.3, -0.25) is 9.88 Å². The summed E-state index contributed by atoms with van der Waals surface area (Å²) in [4.78, 5) is 18.7. The van der Waals surface area contributed by atoms with Gasteiger partial charge in [-0.25, -0.2) is 22.3 Å². The van der Waals surface area contributed by atoms with Crippen LogP contribution in [-0.2, 0) is 10.0 Å². The molecule has 1 aromatic heterocycles. The Bertz CT molecular complexity index is 1200. The number of aromatic amines is 1. The van der Waals surface area contributed by atoms with E-state index in [4.69, 9.17) is 4.42 Å². The number of anilines is 1. The van der Waals surface area contributed by atoms with Crippen molar-refractivity contribution in [3.05, 3.63) is 58.8 Å². The van der Waals surface area contributed by atoms with Gasteiger partial charge in [-0.15, -0.1) is 0 Å². The fourth-order valence-electron chi connectivity index (χ4n) is 3.80. The quantitative estimate of drug-likeness (QED) is 0.513. The number of nitrogens with one attached hydrogen (secondary N) is 2. The van der Waals surface area contributed by atoms with E-state index in [1.165, 1.54) is 18.2 Å². The number of piperazine rings is 1. The first-order valence-electron chi connectivity index (χ1n) is 10.3. The number of hydrogen-bond donors (Lipinski definition) is 2. The van der Waals surface area contributed by atoms with Gasteiger partial charge in [0, 0.05) is 32.7 Å². The second kappa shape index (κ2) is 9.21. The van der Waals surface area contributed by atoms with Crippen LogP contribution in [0.2, 0.25) is 0 Å². The van der Waals surface area contributed by atoms with Gasteiger partial charge in [0.15, 0.2) is 5.58 Å². The molecule has 0 aliphatic carbocycles. The third-order valence-electron chi connectivity index (χ3n) is 5.44. The van der Waals surface area contributed by atoms with Crippen molar-refractivity contribution in [3.8, 4) is 0 Å². The van der Waals surface area contributed by atoms with Crippen molar-refractivity contribution in [2.45, 2.75) is 17.7 Å². The number of rotatable bonds is 8. The fourth-order valence-corrected chi connectivity index (χ4v) is 4.91. The van der Waals surface area contributed by atoms with Crippen LogP contribution < -0.4 is 15.4 Å². The Balaban J connectivity index is 1.21. The van der Waals surface area contributed by atoms with Gasteiger partial charge in [0.1, 0.15) is 5.82 Å². The van der Waals surface area contributed by atoms with Crippen LogP contribution in [0.3, 0.4) is 0 Å². The van der Waals surface area contributed by atoms with E-state index in [-0.39, 0.29) is 4.90 Å². The Kier molecular flexibility index (Phi) is 6.40. The molecule has 2 aromatic carbocycles. The summed E-state index contributed by atoms with van der Waals surface area (Å²) in [5, 5.41) is 0. The van der Waals surface area contributed by atoms with Gasteiger partial charge >= 0.3 is 5.76 Å². The van der Waals surface area contributed by atoms with Crippen LogP contribution in [0.15, 0.2) is 56.6 Å². The van der Waals surface area contributed by atoms with Gasteiger partial charge in [-0.05, 0) is 49.7 Å². The highest BCUT2D eigenvalue weighted by molar-refractivity contribution is 7.89. The van der Waals surface area contributed by atoms with Gasteiger partial charge in [0.05, 0.1) is 16.1 Å². The molecular weight excluding hydrogens is 423 g/mol. The number of oxazole rings is 1. The van der Waals surface area contributed by atoms with Crippen LogP contribution >= 0.6 is 0 Å². The molecule has 166 valence electrons. The molecule has 1 aliphatic rings. The monoisotopic (exact) mass is 448 g/mol. The number of fused-ring (bicyclic) bond motifs is 1. The summed E-state index contributed by atoms with van der Waals surface area (Å²) in [7, 11) is -3.69. The Labute approximate surface area is 179 Å². The number of H-pyrrole nitrogens is 1. The van der Waals surface area contributed by atoms with Crippen molar-refractivity contribution in [2.75, 3.05) is 44.2 Å². The number of unbranched alkanes of at least 4 members (excludes halogenated alkanes) is 1. The SMILES string of the molecule is O=c1[nH]c2cccc(N3CCN(CCCCNS(=O)(=O)c4cccc(F)c4)CC3)c2o1. The van der Waals surface area contributed by atoms with Crippen LogP contribution in [-0.4, -0.2) is 57.6 Å². The van der Waals surface area contributed by atoms with Crippen molar-refractivity contribution < 1.29 is 17.2 Å². The third kappa shape index (κ3) is 5.15. The maximum atomic E-state index is 13.2. The van der Waals surface area contributed by atoms with E-state index in [0.29, 0.717) is 24.1 Å². The van der Waals surface area contributed by atoms with E-state index in [0.717, 1.165) is 50.9 Å². The van der Waals surface area contributed by atoms with Crippen molar-refractivity contribution in [1.82, 2.24) is 14.6 Å². The number of sulfonamides is 1. The molecule has 10 heteroatoms. The summed E-state index contributed by atoms with van der Waals surface area (Å²) < 4.78 is 45.4. The lowest BCUT2D eigenvalue weighted by Gasteiger charge is -2.36. The molecule has 0 spiro atoms. The Hall–Kier alpha value is -2.69. The molecule has 4 rings (SSSR count). The zero-order chi connectivity index (χ0) is 21.8. The molecule has 2 heterocycles. The van der Waals surface area contributed by atoms with Crippen LogP contribution in [0.25, 0.3) is 11.1 Å². The van der Waals surface area contributed by atoms with Gasteiger partial charge in [0.25, 0.3) is 0 Å². The summed E-state index contributed by atoms with van der Waals surface area (Å²) in [5.41, 5.74) is 2.21. The molecule has 31 heavy (non-hydrogen) atoms. The average Bonchev–Trinajstić information content (AvgIpc) is 3.14. The summed E-state index contributed by atoms with van der Waals surface area (Å²) >= 11 is 0. The molecule has 0 unspecified atom stereocenters. The molecule has 1 fully saturated rings. The average molecular weight is 449 g/mol. The second-order valence-corrected chi connectivity index (χ2v) is 9.33. The highest BCUT2D eigenvalue weighted by Crippen LogP contribution is 2.25. The van der Waals surface area contributed by atoms with Gasteiger partial charge in [0.2, 0.25) is 10.0 Å². The van der Waals surface area contributed by atoms with E-state index in [2.05, 4.69) is 19.5 Å². The van der Waals surface area contributed by atoms with Crippen LogP contribution in [0, 0.1) is 5.82 Å². The number of halogens is 1. The van der Waals surface area contributed by atoms with E-state index < -0.39 is 21.6 Å². The molecule has 2 N–H and O–H groups in total. The zero-order valence-electron chi connectivity index (χ0n) is 17.0. The van der Waals surface area contributed by atoms with Crippen molar-refractivity contribution in [2.24, 2.45) is 0 Å². The Morgan fingerprint density at radius 2 is 1.84 bits per heavy atom. The number of para-hydroxylation sites is 1. The van der Waals surface area contributed by atoms with Crippen LogP contribution in [0.4, 0.5) is 10.1 Å². The molecule has 1 aliphatic heterocycles. The fraction of sp³-hybridized carbons (Fsp3) is 0.381. The van der Waals surface area contributed by atoms with E-state index in [1.54, 1.807) is 0 Å². The predicted octanol–water partition coefficient (Wildman–Crippen LogP) is 2.14. The van der Waals surface area contributed by atoms with Gasteiger partial charge in [-0.1, -0.05) is 12.1 Å². The summed E-state index contributed by atoms with van der Waals surface area (Å²) in [5.74, 6) is -1.02. The van der Waals surface area contributed by atoms with E-state index >= 15 is 0 Å². The predicted molar refractivity (Wildman–Crippen MR) is 116 cm³/mol. The summed E-state index contributed by atoms with van der Waals surface area (Å²) in [6, 6.07) is 10.7. The molecule has 8 nitrogen and oxygen atoms in total. The molecule has 0 bridgehead atoms. The lowest BCUT2D eigenvalue weighted by atomic mass is 10.2. The van der Waals surface area contributed by atoms with Crippen molar-refractivity contribution in [3.63, 3.8) is 0 Å². The van der Waals surface area contributed by atoms with E-state index in [9.17, 15) is 17.6 Å². The maximum absolute atomic E-state index is 13.2. The maximum Gasteiger partial charge on any atom is 0.417 e. The van der Waals surface area contributed by atoms with Crippen LogP contribution in [0.5, 0.6) is 0 Å². The highest BCUT2D eigenvalue weighted by Gasteiger charge is 2.20. The molecule has 3 aromatic rings. The Morgan fingerprint density at radius 1 is 1.06 bits per heavy atom. The molecule has 0 amide bonds. The molecule has 1 saturated heterocycles. The Morgan fingerprint density at radius 3 is 2.61 bits per heavy atom. The molecule has 0 atom stereocenters. The number of aromatic nitrogens is 1. The van der Waals surface area contributed by atoms with Gasteiger partial charge in [-0.2, -0.15) is 0 Å². The lowest BCUT2D eigenvalue weighted by Crippen LogP contribution is -2.46. The van der Waals surface area contributed by atoms with Crippen molar-refractivity contribution in [1.29, 1.82) is 0 Å².